The van der Waals surface area contributed by atoms with Crippen LogP contribution in [0.1, 0.15) is 6.42 Å². The molecule has 0 spiro atoms. The Bertz CT molecular complexity index is 576. The SMILES string of the molecule is COC(=O)Cn1cc(NC(=O)CCn2ccnc2)cn1. The number of nitrogens with one attached hydrogen (secondary N) is 1. The van der Waals surface area contributed by atoms with Crippen LogP contribution >= 0.6 is 0 Å². The molecule has 8 nitrogen and oxygen atoms in total. The normalized spacial score (nSPS) is 10.2. The third-order valence-corrected chi connectivity index (χ3v) is 2.59. The molecule has 2 aromatic rings. The van der Waals surface area contributed by atoms with Crippen LogP contribution in [-0.4, -0.2) is 38.3 Å². The van der Waals surface area contributed by atoms with Gasteiger partial charge in [0.05, 0.1) is 25.3 Å². The van der Waals surface area contributed by atoms with Crippen LogP contribution in [0.3, 0.4) is 0 Å². The lowest BCUT2D eigenvalue weighted by Gasteiger charge is -2.03. The minimum absolute atomic E-state index is 0.0153. The summed E-state index contributed by atoms with van der Waals surface area (Å²) in [7, 11) is 1.31. The Kier molecular flexibility index (Phi) is 4.48. The summed E-state index contributed by atoms with van der Waals surface area (Å²) in [5.41, 5.74) is 0.546. The number of rotatable bonds is 6. The smallest absolute Gasteiger partial charge is 0.327 e. The van der Waals surface area contributed by atoms with E-state index in [1.807, 2.05) is 4.57 Å². The number of aromatic nitrogens is 4. The average Bonchev–Trinajstić information content (AvgIpc) is 3.08. The Hall–Kier alpha value is -2.64. The maximum atomic E-state index is 11.7. The van der Waals surface area contributed by atoms with E-state index in [1.165, 1.54) is 18.0 Å². The van der Waals surface area contributed by atoms with E-state index in [1.54, 1.807) is 24.9 Å². The zero-order valence-corrected chi connectivity index (χ0v) is 11.0. The molecule has 0 aliphatic carbocycles. The largest absolute Gasteiger partial charge is 0.468 e. The molecule has 106 valence electrons. The molecule has 8 heteroatoms. The first-order valence-electron chi connectivity index (χ1n) is 6.02. The zero-order valence-electron chi connectivity index (χ0n) is 11.0. The van der Waals surface area contributed by atoms with Crippen LogP contribution in [0.4, 0.5) is 5.69 Å². The molecular weight excluding hydrogens is 262 g/mol. The van der Waals surface area contributed by atoms with Gasteiger partial charge in [-0.25, -0.2) is 4.98 Å². The van der Waals surface area contributed by atoms with Crippen molar-refractivity contribution in [1.82, 2.24) is 19.3 Å². The summed E-state index contributed by atoms with van der Waals surface area (Å²) in [5, 5.41) is 6.66. The Morgan fingerprint density at radius 2 is 2.30 bits per heavy atom. The molecule has 0 aliphatic rings. The topological polar surface area (TPSA) is 91.0 Å². The van der Waals surface area contributed by atoms with Gasteiger partial charge in [0.1, 0.15) is 6.54 Å². The van der Waals surface area contributed by atoms with Crippen molar-refractivity contribution in [2.24, 2.45) is 0 Å². The summed E-state index contributed by atoms with van der Waals surface area (Å²) >= 11 is 0. The van der Waals surface area contributed by atoms with Crippen molar-refractivity contribution >= 4 is 17.6 Å². The second-order valence-electron chi connectivity index (χ2n) is 4.10. The predicted octanol–water partition coefficient (Wildman–Crippen LogP) is 0.281. The van der Waals surface area contributed by atoms with Gasteiger partial charge in [-0.15, -0.1) is 0 Å². The first-order chi connectivity index (χ1) is 9.67. The minimum atomic E-state index is -0.397. The molecule has 0 bridgehead atoms. The van der Waals surface area contributed by atoms with Gasteiger partial charge in [-0.2, -0.15) is 5.10 Å². The number of methoxy groups -OCH3 is 1. The highest BCUT2D eigenvalue weighted by Crippen LogP contribution is 2.06. The van der Waals surface area contributed by atoms with E-state index < -0.39 is 5.97 Å². The lowest BCUT2D eigenvalue weighted by Crippen LogP contribution is -2.14. The number of ether oxygens (including phenoxy) is 1. The molecule has 0 fully saturated rings. The molecule has 0 aliphatic heterocycles. The number of esters is 1. The van der Waals surface area contributed by atoms with Gasteiger partial charge in [-0.3, -0.25) is 14.3 Å². The lowest BCUT2D eigenvalue weighted by molar-refractivity contribution is -0.141. The summed E-state index contributed by atoms with van der Waals surface area (Å²) < 4.78 is 7.75. The molecule has 0 radical (unpaired) electrons. The number of amides is 1. The van der Waals surface area contributed by atoms with Crippen molar-refractivity contribution in [2.75, 3.05) is 12.4 Å². The standard InChI is InChI=1S/C12H15N5O3/c1-20-12(19)8-17-7-10(6-14-17)15-11(18)2-4-16-5-3-13-9-16/h3,5-7,9H,2,4,8H2,1H3,(H,15,18). The van der Waals surface area contributed by atoms with Crippen LogP contribution in [0.2, 0.25) is 0 Å². The highest BCUT2D eigenvalue weighted by molar-refractivity contribution is 5.90. The third-order valence-electron chi connectivity index (χ3n) is 2.59. The number of carbonyl (C=O) groups is 2. The molecule has 2 aromatic heterocycles. The van der Waals surface area contributed by atoms with Gasteiger partial charge in [0.2, 0.25) is 5.91 Å². The summed E-state index contributed by atoms with van der Waals surface area (Å²) in [6.07, 6.45) is 8.50. The molecule has 20 heavy (non-hydrogen) atoms. The molecule has 1 amide bonds. The van der Waals surface area contributed by atoms with Crippen molar-refractivity contribution in [1.29, 1.82) is 0 Å². The van der Waals surface area contributed by atoms with E-state index in [-0.39, 0.29) is 12.5 Å². The van der Waals surface area contributed by atoms with E-state index in [4.69, 9.17) is 0 Å². The number of anilines is 1. The van der Waals surface area contributed by atoms with Gasteiger partial charge in [0.15, 0.2) is 0 Å². The number of nitrogens with zero attached hydrogens (tertiary/aromatic N) is 4. The zero-order chi connectivity index (χ0) is 14.4. The highest BCUT2D eigenvalue weighted by atomic mass is 16.5. The van der Waals surface area contributed by atoms with Gasteiger partial charge < -0.3 is 14.6 Å². The Morgan fingerprint density at radius 1 is 1.45 bits per heavy atom. The maximum absolute atomic E-state index is 11.7. The average molecular weight is 277 g/mol. The third kappa shape index (κ3) is 3.94. The van der Waals surface area contributed by atoms with E-state index in [2.05, 4.69) is 20.1 Å². The van der Waals surface area contributed by atoms with Crippen molar-refractivity contribution in [3.05, 3.63) is 31.1 Å². The number of hydrogen-bond donors (Lipinski definition) is 1. The van der Waals surface area contributed by atoms with Crippen LogP contribution in [0, 0.1) is 0 Å². The van der Waals surface area contributed by atoms with E-state index in [9.17, 15) is 9.59 Å². The van der Waals surface area contributed by atoms with Crippen molar-refractivity contribution < 1.29 is 14.3 Å². The molecular formula is C12H15N5O3. The molecule has 0 atom stereocenters. The molecule has 1 N–H and O–H groups in total. The van der Waals surface area contributed by atoms with Crippen molar-refractivity contribution in [3.8, 4) is 0 Å². The number of aryl methyl sites for hydroxylation is 1. The molecule has 0 saturated heterocycles. The van der Waals surface area contributed by atoms with Crippen LogP contribution < -0.4 is 5.32 Å². The fourth-order valence-electron chi connectivity index (χ4n) is 1.58. The summed E-state index contributed by atoms with van der Waals surface area (Å²) in [4.78, 5) is 26.7. The Labute approximate surface area is 115 Å². The lowest BCUT2D eigenvalue weighted by atomic mass is 10.4. The van der Waals surface area contributed by atoms with E-state index in [0.29, 0.717) is 18.7 Å². The first kappa shape index (κ1) is 13.8. The number of carbonyl (C=O) groups excluding carboxylic acids is 2. The summed E-state index contributed by atoms with van der Waals surface area (Å²) in [6, 6.07) is 0. The molecule has 0 unspecified atom stereocenters. The fourth-order valence-corrected chi connectivity index (χ4v) is 1.58. The van der Waals surface area contributed by atoms with Crippen molar-refractivity contribution in [3.63, 3.8) is 0 Å². The number of hydrogen-bond acceptors (Lipinski definition) is 5. The van der Waals surface area contributed by atoms with Crippen molar-refractivity contribution in [2.45, 2.75) is 19.5 Å². The van der Waals surface area contributed by atoms with Gasteiger partial charge in [-0.1, -0.05) is 0 Å². The molecule has 0 saturated carbocycles. The molecule has 0 aromatic carbocycles. The first-order valence-corrected chi connectivity index (χ1v) is 6.02. The van der Waals surface area contributed by atoms with Crippen LogP contribution in [-0.2, 0) is 27.4 Å². The Balaban J connectivity index is 1.80. The van der Waals surface area contributed by atoms with Gasteiger partial charge in [0.25, 0.3) is 0 Å². The minimum Gasteiger partial charge on any atom is -0.468 e. The van der Waals surface area contributed by atoms with Crippen LogP contribution in [0.15, 0.2) is 31.1 Å². The summed E-state index contributed by atoms with van der Waals surface area (Å²) in [5.74, 6) is -0.526. The van der Waals surface area contributed by atoms with Gasteiger partial charge in [0, 0.05) is 31.6 Å². The van der Waals surface area contributed by atoms with E-state index >= 15 is 0 Å². The summed E-state index contributed by atoms with van der Waals surface area (Å²) in [6.45, 7) is 0.573. The molecule has 2 heterocycles. The second-order valence-corrected chi connectivity index (χ2v) is 4.10. The predicted molar refractivity (Wildman–Crippen MR) is 69.7 cm³/mol. The maximum Gasteiger partial charge on any atom is 0.327 e. The van der Waals surface area contributed by atoms with Crippen LogP contribution in [0.5, 0.6) is 0 Å². The fraction of sp³-hybridized carbons (Fsp3) is 0.333. The Morgan fingerprint density at radius 3 is 3.00 bits per heavy atom. The highest BCUT2D eigenvalue weighted by Gasteiger charge is 2.07. The molecule has 2 rings (SSSR count). The quantitative estimate of drug-likeness (QED) is 0.766. The van der Waals surface area contributed by atoms with Gasteiger partial charge in [-0.05, 0) is 0 Å². The van der Waals surface area contributed by atoms with Gasteiger partial charge >= 0.3 is 5.97 Å². The van der Waals surface area contributed by atoms with Crippen LogP contribution in [0.25, 0.3) is 0 Å². The second kappa shape index (κ2) is 6.50. The monoisotopic (exact) mass is 277 g/mol. The van der Waals surface area contributed by atoms with E-state index in [0.717, 1.165) is 0 Å². The number of imidazole rings is 1.